The van der Waals surface area contributed by atoms with Crippen LogP contribution in [0.4, 0.5) is 5.69 Å². The average molecular weight is 488 g/mol. The molecule has 0 spiro atoms. The molecule has 0 saturated carbocycles. The first-order valence-electron chi connectivity index (χ1n) is 10.4. The van der Waals surface area contributed by atoms with E-state index in [1.165, 1.54) is 11.8 Å². The van der Waals surface area contributed by atoms with Crippen molar-refractivity contribution in [1.82, 2.24) is 20.1 Å². The molecule has 10 heteroatoms. The highest BCUT2D eigenvalue weighted by Crippen LogP contribution is 2.21. The number of anilines is 1. The van der Waals surface area contributed by atoms with Gasteiger partial charge >= 0.3 is 0 Å². The van der Waals surface area contributed by atoms with Gasteiger partial charge in [0.2, 0.25) is 5.91 Å². The third-order valence-corrected chi connectivity index (χ3v) is 6.09. The standard InChI is InChI=1S/C23H26ClN5O3S/c1-4-29-20(11-12-25-22(31)16-5-8-18(32-3)9-6-16)27-28-23(29)33-14-21(30)26-19-10-7-17(24)13-15(19)2/h5-10,13H,4,11-12,14H2,1-3H3,(H,25,31)(H,26,30). The van der Waals surface area contributed by atoms with Gasteiger partial charge < -0.3 is 19.9 Å². The van der Waals surface area contributed by atoms with Crippen LogP contribution in [0.5, 0.6) is 5.75 Å². The molecule has 33 heavy (non-hydrogen) atoms. The minimum Gasteiger partial charge on any atom is -0.497 e. The Morgan fingerprint density at radius 1 is 1.15 bits per heavy atom. The smallest absolute Gasteiger partial charge is 0.251 e. The van der Waals surface area contributed by atoms with Crippen LogP contribution in [0.2, 0.25) is 5.02 Å². The molecule has 2 amide bonds. The number of ether oxygens (including phenoxy) is 1. The van der Waals surface area contributed by atoms with E-state index < -0.39 is 0 Å². The van der Waals surface area contributed by atoms with Crippen LogP contribution in [0.25, 0.3) is 0 Å². The van der Waals surface area contributed by atoms with Gasteiger partial charge in [0, 0.05) is 35.8 Å². The van der Waals surface area contributed by atoms with Crippen LogP contribution >= 0.6 is 23.4 Å². The molecular formula is C23H26ClN5O3S. The summed E-state index contributed by atoms with van der Waals surface area (Å²) in [5.41, 5.74) is 2.19. The first kappa shape index (κ1) is 24.6. The molecule has 2 N–H and O–H groups in total. The van der Waals surface area contributed by atoms with Crippen LogP contribution in [-0.2, 0) is 17.8 Å². The second-order valence-corrected chi connectivity index (χ2v) is 8.55. The van der Waals surface area contributed by atoms with Crippen molar-refractivity contribution in [1.29, 1.82) is 0 Å². The number of carbonyl (C=O) groups is 2. The van der Waals surface area contributed by atoms with Gasteiger partial charge in [-0.05, 0) is 61.9 Å². The number of nitrogens with zero attached hydrogens (tertiary/aromatic N) is 3. The van der Waals surface area contributed by atoms with Crippen LogP contribution in [-0.4, -0.2) is 46.0 Å². The molecule has 0 atom stereocenters. The topological polar surface area (TPSA) is 98.1 Å². The van der Waals surface area contributed by atoms with Gasteiger partial charge in [0.1, 0.15) is 11.6 Å². The van der Waals surface area contributed by atoms with Crippen molar-refractivity contribution >= 4 is 40.9 Å². The lowest BCUT2D eigenvalue weighted by Crippen LogP contribution is -2.26. The fourth-order valence-corrected chi connectivity index (χ4v) is 4.19. The second-order valence-electron chi connectivity index (χ2n) is 7.17. The third kappa shape index (κ3) is 6.72. The Kier molecular flexibility index (Phi) is 8.73. The number of amides is 2. The lowest BCUT2D eigenvalue weighted by molar-refractivity contribution is -0.113. The van der Waals surface area contributed by atoms with Gasteiger partial charge in [-0.1, -0.05) is 23.4 Å². The van der Waals surface area contributed by atoms with E-state index in [2.05, 4.69) is 20.8 Å². The quantitative estimate of drug-likeness (QED) is 0.420. The van der Waals surface area contributed by atoms with Gasteiger partial charge in [0.05, 0.1) is 12.9 Å². The predicted molar refractivity (Wildman–Crippen MR) is 130 cm³/mol. The molecule has 0 saturated heterocycles. The summed E-state index contributed by atoms with van der Waals surface area (Å²) in [4.78, 5) is 24.7. The Bertz CT molecular complexity index is 1120. The van der Waals surface area contributed by atoms with E-state index in [9.17, 15) is 9.59 Å². The summed E-state index contributed by atoms with van der Waals surface area (Å²) in [6, 6.07) is 12.3. The number of halogens is 1. The zero-order valence-corrected chi connectivity index (χ0v) is 20.3. The van der Waals surface area contributed by atoms with Crippen molar-refractivity contribution in [3.8, 4) is 5.75 Å². The second kappa shape index (κ2) is 11.7. The van der Waals surface area contributed by atoms with Crippen LogP contribution in [0.1, 0.15) is 28.7 Å². The van der Waals surface area contributed by atoms with E-state index >= 15 is 0 Å². The molecule has 0 radical (unpaired) electrons. The Labute approximate surface area is 202 Å². The largest absolute Gasteiger partial charge is 0.497 e. The average Bonchev–Trinajstić information content (AvgIpc) is 3.21. The van der Waals surface area contributed by atoms with Gasteiger partial charge in [-0.25, -0.2) is 0 Å². The molecular weight excluding hydrogens is 462 g/mol. The molecule has 1 heterocycles. The molecule has 0 aliphatic carbocycles. The van der Waals surface area contributed by atoms with Crippen LogP contribution < -0.4 is 15.4 Å². The Balaban J connectivity index is 1.51. The highest BCUT2D eigenvalue weighted by molar-refractivity contribution is 7.99. The number of thioether (sulfide) groups is 1. The predicted octanol–water partition coefficient (Wildman–Crippen LogP) is 3.97. The number of rotatable bonds is 10. The van der Waals surface area contributed by atoms with Crippen molar-refractivity contribution in [2.75, 3.05) is 24.7 Å². The van der Waals surface area contributed by atoms with E-state index in [0.717, 1.165) is 17.1 Å². The van der Waals surface area contributed by atoms with E-state index in [1.54, 1.807) is 49.6 Å². The lowest BCUT2D eigenvalue weighted by Gasteiger charge is -2.10. The first-order chi connectivity index (χ1) is 15.9. The first-order valence-corrected chi connectivity index (χ1v) is 11.8. The zero-order chi connectivity index (χ0) is 23.8. The summed E-state index contributed by atoms with van der Waals surface area (Å²) < 4.78 is 7.06. The van der Waals surface area contributed by atoms with Gasteiger partial charge in [0.15, 0.2) is 5.16 Å². The van der Waals surface area contributed by atoms with Crippen LogP contribution in [0.3, 0.4) is 0 Å². The maximum absolute atomic E-state index is 12.4. The molecule has 0 fully saturated rings. The number of benzene rings is 2. The minimum absolute atomic E-state index is 0.135. The summed E-state index contributed by atoms with van der Waals surface area (Å²) >= 11 is 7.28. The van der Waals surface area contributed by atoms with Crippen molar-refractivity contribution < 1.29 is 14.3 Å². The molecule has 3 aromatic rings. The van der Waals surface area contributed by atoms with Gasteiger partial charge in [-0.2, -0.15) is 0 Å². The lowest BCUT2D eigenvalue weighted by atomic mass is 10.2. The molecule has 0 aliphatic rings. The number of nitrogens with one attached hydrogen (secondary N) is 2. The molecule has 3 rings (SSSR count). The van der Waals surface area contributed by atoms with Crippen molar-refractivity contribution in [2.45, 2.75) is 32.0 Å². The summed E-state index contributed by atoms with van der Waals surface area (Å²) in [5.74, 6) is 1.36. The summed E-state index contributed by atoms with van der Waals surface area (Å²) in [6.45, 7) is 4.96. The Hall–Kier alpha value is -3.04. The molecule has 0 unspecified atom stereocenters. The van der Waals surface area contributed by atoms with Crippen molar-refractivity contribution in [3.63, 3.8) is 0 Å². The normalized spacial score (nSPS) is 10.7. The summed E-state index contributed by atoms with van der Waals surface area (Å²) in [7, 11) is 1.58. The highest BCUT2D eigenvalue weighted by atomic mass is 35.5. The minimum atomic E-state index is -0.163. The van der Waals surface area contributed by atoms with Gasteiger partial charge in [-0.3, -0.25) is 9.59 Å². The molecule has 8 nitrogen and oxygen atoms in total. The monoisotopic (exact) mass is 487 g/mol. The van der Waals surface area contributed by atoms with Crippen LogP contribution in [0, 0.1) is 6.92 Å². The molecule has 1 aromatic heterocycles. The fraction of sp³-hybridized carbons (Fsp3) is 0.304. The van der Waals surface area contributed by atoms with Crippen LogP contribution in [0.15, 0.2) is 47.6 Å². The molecule has 0 bridgehead atoms. The highest BCUT2D eigenvalue weighted by Gasteiger charge is 2.14. The summed E-state index contributed by atoms with van der Waals surface area (Å²) in [5, 5.41) is 15.5. The maximum Gasteiger partial charge on any atom is 0.251 e. The van der Waals surface area contributed by atoms with E-state index in [1.807, 2.05) is 18.4 Å². The summed E-state index contributed by atoms with van der Waals surface area (Å²) in [6.07, 6.45) is 0.527. The Morgan fingerprint density at radius 2 is 1.91 bits per heavy atom. The van der Waals surface area contributed by atoms with Gasteiger partial charge in [0.25, 0.3) is 5.91 Å². The number of carbonyl (C=O) groups excluding carboxylic acids is 2. The third-order valence-electron chi connectivity index (χ3n) is 4.89. The van der Waals surface area contributed by atoms with Crippen molar-refractivity contribution in [2.24, 2.45) is 0 Å². The number of aryl methyl sites for hydroxylation is 1. The number of methoxy groups -OCH3 is 1. The Morgan fingerprint density at radius 3 is 2.58 bits per heavy atom. The molecule has 0 aliphatic heterocycles. The zero-order valence-electron chi connectivity index (χ0n) is 18.7. The number of hydrogen-bond acceptors (Lipinski definition) is 6. The van der Waals surface area contributed by atoms with E-state index in [4.69, 9.17) is 16.3 Å². The number of aromatic nitrogens is 3. The van der Waals surface area contributed by atoms with E-state index in [-0.39, 0.29) is 17.6 Å². The fourth-order valence-electron chi connectivity index (χ4n) is 3.14. The molecule has 2 aromatic carbocycles. The van der Waals surface area contributed by atoms with Gasteiger partial charge in [-0.15, -0.1) is 10.2 Å². The maximum atomic E-state index is 12.4. The number of hydrogen-bond donors (Lipinski definition) is 2. The van der Waals surface area contributed by atoms with Crippen molar-refractivity contribution in [3.05, 3.63) is 64.4 Å². The molecule has 174 valence electrons. The van der Waals surface area contributed by atoms with E-state index in [0.29, 0.717) is 41.0 Å². The SMILES string of the molecule is CCn1c(CCNC(=O)c2ccc(OC)cc2)nnc1SCC(=O)Nc1ccc(Cl)cc1C.